The number of hydrogen-bond acceptors (Lipinski definition) is 7. The van der Waals surface area contributed by atoms with Crippen molar-refractivity contribution in [3.8, 4) is 11.1 Å². The number of thiophene rings is 1. The predicted octanol–water partition coefficient (Wildman–Crippen LogP) is 13.4. The van der Waals surface area contributed by atoms with E-state index in [4.69, 9.17) is 46.4 Å². The minimum Gasteiger partial charge on any atom is -0.379 e. The van der Waals surface area contributed by atoms with Crippen LogP contribution in [0.15, 0.2) is 101 Å². The Morgan fingerprint density at radius 2 is 1.27 bits per heavy atom. The van der Waals surface area contributed by atoms with Gasteiger partial charge in [-0.15, -0.1) is 23.1 Å². The lowest BCUT2D eigenvalue weighted by molar-refractivity contribution is 0.0808. The molecule has 284 valence electrons. The van der Waals surface area contributed by atoms with Crippen molar-refractivity contribution in [2.24, 2.45) is 5.92 Å². The Bertz CT molecular complexity index is 2200. The van der Waals surface area contributed by atoms with Crippen molar-refractivity contribution in [3.63, 3.8) is 0 Å². The average molecular weight is 851 g/mol. The van der Waals surface area contributed by atoms with Gasteiger partial charge in [-0.2, -0.15) is 0 Å². The number of rotatable bonds is 8. The first-order chi connectivity index (χ1) is 26.7. The number of halogens is 4. The first-order valence-corrected chi connectivity index (χ1v) is 22.0. The summed E-state index contributed by atoms with van der Waals surface area (Å²) in [5, 5.41) is 15.9. The Balaban J connectivity index is 0.000000169. The summed E-state index contributed by atoms with van der Waals surface area (Å²) in [5.74, 6) is 0.980. The summed E-state index contributed by atoms with van der Waals surface area (Å²) in [5.41, 5.74) is 3.18. The number of thioether (sulfide) groups is 1. The van der Waals surface area contributed by atoms with Crippen molar-refractivity contribution < 1.29 is 14.7 Å². The Labute approximate surface area is 350 Å². The molecule has 1 atom stereocenters. The van der Waals surface area contributed by atoms with Crippen LogP contribution in [0, 0.1) is 5.92 Å². The summed E-state index contributed by atoms with van der Waals surface area (Å²) in [6.07, 6.45) is 18.2. The average Bonchev–Trinajstić information content (AvgIpc) is 3.81. The van der Waals surface area contributed by atoms with Gasteiger partial charge in [-0.05, 0) is 96.3 Å². The smallest absolute Gasteiger partial charge is 0.196 e. The summed E-state index contributed by atoms with van der Waals surface area (Å²) in [4.78, 5) is 37.4. The zero-order chi connectivity index (χ0) is 38.5. The second kappa shape index (κ2) is 18.1. The lowest BCUT2D eigenvalue weighted by atomic mass is 9.79. The summed E-state index contributed by atoms with van der Waals surface area (Å²) >= 11 is 28.3. The van der Waals surface area contributed by atoms with Gasteiger partial charge in [0.1, 0.15) is 5.60 Å². The monoisotopic (exact) mass is 848 g/mol. The van der Waals surface area contributed by atoms with E-state index in [1.807, 2.05) is 18.2 Å². The van der Waals surface area contributed by atoms with Gasteiger partial charge in [0.05, 0.1) is 0 Å². The van der Waals surface area contributed by atoms with Crippen LogP contribution >= 0.6 is 69.5 Å². The topological polar surface area (TPSA) is 80.1 Å². The van der Waals surface area contributed by atoms with E-state index in [0.29, 0.717) is 59.9 Å². The van der Waals surface area contributed by atoms with Gasteiger partial charge in [0, 0.05) is 94.5 Å². The summed E-state index contributed by atoms with van der Waals surface area (Å²) in [7, 11) is 0. The van der Waals surface area contributed by atoms with Gasteiger partial charge in [0.15, 0.2) is 11.6 Å². The molecule has 0 bridgehead atoms. The lowest BCUT2D eigenvalue weighted by Gasteiger charge is -2.28. The highest BCUT2D eigenvalue weighted by Crippen LogP contribution is 2.53. The molecule has 8 rings (SSSR count). The van der Waals surface area contributed by atoms with E-state index in [1.54, 1.807) is 90.4 Å². The van der Waals surface area contributed by atoms with Crippen molar-refractivity contribution in [1.29, 1.82) is 0 Å². The molecule has 1 aliphatic heterocycles. The third kappa shape index (κ3) is 8.79. The van der Waals surface area contributed by atoms with Crippen LogP contribution in [0.2, 0.25) is 20.1 Å². The molecular formula is C44H40Cl4N2O3S2. The number of carbonyl (C=O) groups is 2. The number of allylic oxidation sites excluding steroid dienone is 1. The summed E-state index contributed by atoms with van der Waals surface area (Å²) in [6, 6.07) is 17.6. The Morgan fingerprint density at radius 1 is 0.691 bits per heavy atom. The molecule has 11 heteroatoms. The molecule has 5 aromatic rings. The third-order valence-corrected chi connectivity index (χ3v) is 14.4. The SMILES string of the molecule is O=C(C1=C(C2CCCCC2)SCC1(O)c1ccc(Cl)cc1Cl)c1cccnc1.O=C(c1cccnc1)c1c(-c2ccc(Cl)cc2Cl)csc1C1CCCCC1. The largest absolute Gasteiger partial charge is 0.379 e. The predicted molar refractivity (Wildman–Crippen MR) is 228 cm³/mol. The fourth-order valence-corrected chi connectivity index (χ4v) is 11.9. The first-order valence-electron chi connectivity index (χ1n) is 18.7. The maximum atomic E-state index is 13.5. The van der Waals surface area contributed by atoms with Crippen molar-refractivity contribution in [3.05, 3.63) is 149 Å². The Hall–Kier alpha value is -3.01. The second-order valence-corrected chi connectivity index (χ2v) is 18.0. The fraction of sp³-hybridized carbons (Fsp3) is 0.318. The number of aromatic nitrogens is 2. The van der Waals surface area contributed by atoms with Crippen molar-refractivity contribution in [1.82, 2.24) is 9.97 Å². The van der Waals surface area contributed by atoms with Crippen molar-refractivity contribution in [2.75, 3.05) is 5.75 Å². The quantitative estimate of drug-likeness (QED) is 0.157. The molecule has 3 aromatic heterocycles. The molecule has 55 heavy (non-hydrogen) atoms. The van der Waals surface area contributed by atoms with Crippen LogP contribution in [0.4, 0.5) is 0 Å². The number of aliphatic hydroxyl groups is 1. The molecule has 0 amide bonds. The van der Waals surface area contributed by atoms with Crippen molar-refractivity contribution in [2.45, 2.75) is 75.7 Å². The maximum absolute atomic E-state index is 13.5. The van der Waals surface area contributed by atoms with E-state index in [-0.39, 0.29) is 11.6 Å². The van der Waals surface area contributed by atoms with Crippen LogP contribution in [-0.2, 0) is 5.60 Å². The van der Waals surface area contributed by atoms with Gasteiger partial charge in [0.25, 0.3) is 0 Å². The molecule has 4 heterocycles. The van der Waals surface area contributed by atoms with E-state index in [9.17, 15) is 14.7 Å². The highest BCUT2D eigenvalue weighted by molar-refractivity contribution is 8.03. The summed E-state index contributed by atoms with van der Waals surface area (Å²) in [6.45, 7) is 0. The van der Waals surface area contributed by atoms with Crippen LogP contribution in [0.3, 0.4) is 0 Å². The zero-order valence-electron chi connectivity index (χ0n) is 30.1. The fourth-order valence-electron chi connectivity index (χ4n) is 8.02. The number of nitrogens with zero attached hydrogens (tertiary/aromatic N) is 2. The molecule has 1 unspecified atom stereocenters. The van der Waals surface area contributed by atoms with E-state index in [0.717, 1.165) is 60.1 Å². The number of carbonyl (C=O) groups excluding carboxylic acids is 2. The van der Waals surface area contributed by atoms with Crippen LogP contribution in [0.1, 0.15) is 107 Å². The van der Waals surface area contributed by atoms with Gasteiger partial charge in [-0.3, -0.25) is 19.6 Å². The molecular weight excluding hydrogens is 810 g/mol. The molecule has 2 aromatic carbocycles. The molecule has 5 nitrogen and oxygen atoms in total. The molecule has 0 radical (unpaired) electrons. The van der Waals surface area contributed by atoms with Crippen LogP contribution in [0.5, 0.6) is 0 Å². The molecule has 2 aliphatic carbocycles. The Kier molecular flexibility index (Phi) is 13.2. The zero-order valence-corrected chi connectivity index (χ0v) is 34.7. The minimum absolute atomic E-state index is 0.0194. The van der Waals surface area contributed by atoms with E-state index >= 15 is 0 Å². The van der Waals surface area contributed by atoms with E-state index in [1.165, 1.54) is 30.6 Å². The van der Waals surface area contributed by atoms with Crippen LogP contribution < -0.4 is 0 Å². The maximum Gasteiger partial charge on any atom is 0.196 e. The van der Waals surface area contributed by atoms with Crippen LogP contribution in [0.25, 0.3) is 11.1 Å². The molecule has 0 spiro atoms. The van der Waals surface area contributed by atoms with Gasteiger partial charge in [-0.1, -0.05) is 97.1 Å². The molecule has 3 aliphatic rings. The molecule has 2 saturated carbocycles. The summed E-state index contributed by atoms with van der Waals surface area (Å²) < 4.78 is 0. The number of Topliss-reactive ketones (excluding diaryl/α,β-unsaturated/α-hetero) is 1. The lowest BCUT2D eigenvalue weighted by Crippen LogP contribution is -2.33. The van der Waals surface area contributed by atoms with Crippen LogP contribution in [-0.4, -0.2) is 32.4 Å². The number of ketones is 2. The number of hydrogen-bond donors (Lipinski definition) is 1. The highest BCUT2D eigenvalue weighted by atomic mass is 35.5. The number of benzene rings is 2. The van der Waals surface area contributed by atoms with Gasteiger partial charge in [-0.25, -0.2) is 0 Å². The normalized spacial score (nSPS) is 19.2. The third-order valence-electron chi connectivity index (χ3n) is 10.8. The molecule has 1 N–H and O–H groups in total. The second-order valence-electron chi connectivity index (χ2n) is 14.3. The first kappa shape index (κ1) is 40.2. The minimum atomic E-state index is -1.44. The van der Waals surface area contributed by atoms with E-state index < -0.39 is 5.60 Å². The molecule has 2 fully saturated rings. The highest BCUT2D eigenvalue weighted by Gasteiger charge is 2.47. The van der Waals surface area contributed by atoms with Crippen molar-refractivity contribution >= 4 is 81.1 Å². The van der Waals surface area contributed by atoms with Gasteiger partial charge < -0.3 is 5.11 Å². The van der Waals surface area contributed by atoms with E-state index in [2.05, 4.69) is 15.3 Å². The standard InChI is InChI=1S/C22H21Cl2NO2S.C22H19Cl2NOS/c23-16-8-9-17(18(24)11-16)22(27)13-28-21(14-5-2-1-3-6-14)19(22)20(26)15-7-4-10-25-12-15;23-16-8-9-17(19(24)11-16)18-13-27-22(14-5-2-1-3-6-14)20(18)21(26)15-7-4-10-25-12-15/h4,7-12,14,27H,1-3,5-6,13H2;4,7-14H,1-3,5-6H2. The Morgan fingerprint density at radius 3 is 1.85 bits per heavy atom. The van der Waals surface area contributed by atoms with Gasteiger partial charge in [0.2, 0.25) is 0 Å². The van der Waals surface area contributed by atoms with Gasteiger partial charge >= 0.3 is 0 Å². The molecule has 0 saturated heterocycles. The number of pyridine rings is 2.